The van der Waals surface area contributed by atoms with Crippen LogP contribution in [0.5, 0.6) is 0 Å². The molecule has 98 valence electrons. The first-order chi connectivity index (χ1) is 8.61. The highest BCUT2D eigenvalue weighted by Gasteiger charge is 2.25. The van der Waals surface area contributed by atoms with Crippen LogP contribution < -0.4 is 5.73 Å². The molecule has 0 amide bonds. The molecule has 0 radical (unpaired) electrons. The van der Waals surface area contributed by atoms with Crippen molar-refractivity contribution >= 4 is 11.3 Å². The third kappa shape index (κ3) is 3.58. The Morgan fingerprint density at radius 3 is 2.78 bits per heavy atom. The monoisotopic (exact) mass is 262 g/mol. The molecule has 3 heteroatoms. The number of piperidine rings is 1. The van der Waals surface area contributed by atoms with Gasteiger partial charge in [0.05, 0.1) is 6.54 Å². The van der Waals surface area contributed by atoms with Crippen LogP contribution in [0.3, 0.4) is 0 Å². The van der Waals surface area contributed by atoms with E-state index in [2.05, 4.69) is 42.0 Å². The quantitative estimate of drug-likeness (QED) is 0.830. The maximum Gasteiger partial charge on any atom is 0.0555 e. The lowest BCUT2D eigenvalue weighted by atomic mass is 9.83. The molecule has 0 unspecified atom stereocenters. The Bertz CT molecular complexity index is 441. The molecule has 2 heterocycles. The minimum atomic E-state index is 0.438. The molecular weight excluding hydrogens is 240 g/mol. The molecule has 0 bridgehead atoms. The van der Waals surface area contributed by atoms with Crippen molar-refractivity contribution in [1.82, 2.24) is 4.90 Å². The zero-order valence-corrected chi connectivity index (χ0v) is 12.1. The highest BCUT2D eigenvalue weighted by molar-refractivity contribution is 7.10. The number of rotatable bonds is 2. The Morgan fingerprint density at radius 2 is 2.11 bits per heavy atom. The van der Waals surface area contributed by atoms with Crippen LogP contribution >= 0.6 is 11.3 Å². The topological polar surface area (TPSA) is 29.3 Å². The molecular formula is C15H22N2S. The van der Waals surface area contributed by atoms with E-state index in [1.165, 1.54) is 30.8 Å². The lowest BCUT2D eigenvalue weighted by molar-refractivity contribution is 0.128. The molecule has 0 spiro atoms. The zero-order valence-electron chi connectivity index (χ0n) is 11.3. The minimum absolute atomic E-state index is 0.438. The van der Waals surface area contributed by atoms with E-state index in [1.54, 1.807) is 0 Å². The van der Waals surface area contributed by atoms with E-state index in [0.717, 1.165) is 12.1 Å². The van der Waals surface area contributed by atoms with E-state index in [9.17, 15) is 0 Å². The van der Waals surface area contributed by atoms with Gasteiger partial charge in [-0.2, -0.15) is 0 Å². The number of nitrogens with zero attached hydrogens (tertiary/aromatic N) is 1. The van der Waals surface area contributed by atoms with Crippen molar-refractivity contribution in [2.45, 2.75) is 33.2 Å². The summed E-state index contributed by atoms with van der Waals surface area (Å²) in [6.45, 7) is 8.63. The Morgan fingerprint density at radius 1 is 1.39 bits per heavy atom. The minimum Gasteiger partial charge on any atom is -0.320 e. The van der Waals surface area contributed by atoms with Crippen LogP contribution in [0.15, 0.2) is 11.4 Å². The molecule has 0 aliphatic carbocycles. The molecule has 1 aliphatic rings. The van der Waals surface area contributed by atoms with Gasteiger partial charge in [-0.1, -0.05) is 25.7 Å². The average molecular weight is 262 g/mol. The zero-order chi connectivity index (χ0) is 13.0. The number of thiophene rings is 1. The fraction of sp³-hybridized carbons (Fsp3) is 0.600. The molecule has 1 aromatic heterocycles. The van der Waals surface area contributed by atoms with E-state index < -0.39 is 0 Å². The van der Waals surface area contributed by atoms with Gasteiger partial charge in [-0.3, -0.25) is 4.90 Å². The summed E-state index contributed by atoms with van der Waals surface area (Å²) in [4.78, 5) is 3.93. The van der Waals surface area contributed by atoms with Crippen LogP contribution in [0, 0.1) is 17.3 Å². The highest BCUT2D eigenvalue weighted by atomic mass is 32.1. The molecule has 0 atom stereocenters. The van der Waals surface area contributed by atoms with Crippen LogP contribution in [0.4, 0.5) is 0 Å². The molecule has 0 saturated carbocycles. The third-order valence-corrected chi connectivity index (χ3v) is 4.55. The lowest BCUT2D eigenvalue weighted by Crippen LogP contribution is -2.36. The average Bonchev–Trinajstić information content (AvgIpc) is 2.77. The van der Waals surface area contributed by atoms with Crippen molar-refractivity contribution in [1.29, 1.82) is 0 Å². The van der Waals surface area contributed by atoms with Crippen molar-refractivity contribution in [3.63, 3.8) is 0 Å². The Balaban J connectivity index is 1.96. The molecule has 1 fully saturated rings. The lowest BCUT2D eigenvalue weighted by Gasteiger charge is -2.36. The van der Waals surface area contributed by atoms with Gasteiger partial charge in [-0.05, 0) is 42.8 Å². The van der Waals surface area contributed by atoms with Gasteiger partial charge in [0.25, 0.3) is 0 Å². The molecule has 1 aromatic rings. The Kier molecular flexibility index (Phi) is 4.45. The van der Waals surface area contributed by atoms with Crippen molar-refractivity contribution in [3.8, 4) is 11.8 Å². The highest BCUT2D eigenvalue weighted by Crippen LogP contribution is 2.31. The fourth-order valence-corrected chi connectivity index (χ4v) is 3.11. The molecule has 0 aromatic carbocycles. The third-order valence-electron chi connectivity index (χ3n) is 3.65. The summed E-state index contributed by atoms with van der Waals surface area (Å²) in [5.74, 6) is 6.11. The van der Waals surface area contributed by atoms with Crippen molar-refractivity contribution in [2.24, 2.45) is 11.1 Å². The molecule has 2 nitrogen and oxygen atoms in total. The van der Waals surface area contributed by atoms with Crippen LogP contribution in [-0.2, 0) is 6.54 Å². The summed E-state index contributed by atoms with van der Waals surface area (Å²) >= 11 is 1.81. The second kappa shape index (κ2) is 5.88. The summed E-state index contributed by atoms with van der Waals surface area (Å²) in [7, 11) is 0. The van der Waals surface area contributed by atoms with Crippen LogP contribution in [0.1, 0.15) is 37.1 Å². The van der Waals surface area contributed by atoms with Gasteiger partial charge in [0.1, 0.15) is 0 Å². The van der Waals surface area contributed by atoms with E-state index in [0.29, 0.717) is 12.0 Å². The molecule has 1 aliphatic heterocycles. The van der Waals surface area contributed by atoms with Crippen molar-refractivity contribution in [3.05, 3.63) is 21.9 Å². The predicted molar refractivity (Wildman–Crippen MR) is 78.5 cm³/mol. The van der Waals surface area contributed by atoms with Crippen LogP contribution in [0.2, 0.25) is 0 Å². The van der Waals surface area contributed by atoms with Gasteiger partial charge >= 0.3 is 0 Å². The van der Waals surface area contributed by atoms with Gasteiger partial charge in [0.15, 0.2) is 0 Å². The summed E-state index contributed by atoms with van der Waals surface area (Å²) in [5, 5.41) is 2.13. The second-order valence-corrected chi connectivity index (χ2v) is 6.70. The van der Waals surface area contributed by atoms with Gasteiger partial charge < -0.3 is 5.73 Å². The predicted octanol–water partition coefficient (Wildman–Crippen LogP) is 2.68. The maximum atomic E-state index is 5.43. The smallest absolute Gasteiger partial charge is 0.0555 e. The fourth-order valence-electron chi connectivity index (χ4n) is 2.24. The van der Waals surface area contributed by atoms with Crippen LogP contribution in [-0.4, -0.2) is 24.5 Å². The maximum absolute atomic E-state index is 5.43. The summed E-state index contributed by atoms with van der Waals surface area (Å²) in [6, 6.07) is 2.11. The molecule has 2 N–H and O–H groups in total. The summed E-state index contributed by atoms with van der Waals surface area (Å²) in [6.07, 6.45) is 2.59. The van der Waals surface area contributed by atoms with Gasteiger partial charge in [-0.25, -0.2) is 0 Å². The number of hydrogen-bond acceptors (Lipinski definition) is 3. The Labute approximate surface area is 114 Å². The summed E-state index contributed by atoms with van der Waals surface area (Å²) in [5.41, 5.74) is 7.11. The first-order valence-corrected chi connectivity index (χ1v) is 7.46. The van der Waals surface area contributed by atoms with Crippen LogP contribution in [0.25, 0.3) is 0 Å². The normalized spacial score (nSPS) is 19.3. The van der Waals surface area contributed by atoms with Gasteiger partial charge in [0.2, 0.25) is 0 Å². The SMILES string of the molecule is CC1(C)CCN(Cc2sccc2C#CCN)CC1. The van der Waals surface area contributed by atoms with E-state index >= 15 is 0 Å². The number of hydrogen-bond donors (Lipinski definition) is 1. The Hall–Kier alpha value is -0.820. The van der Waals surface area contributed by atoms with Gasteiger partial charge in [-0.15, -0.1) is 11.3 Å². The number of likely N-dealkylation sites (tertiary alicyclic amines) is 1. The molecule has 1 saturated heterocycles. The largest absolute Gasteiger partial charge is 0.320 e. The molecule has 2 rings (SSSR count). The van der Waals surface area contributed by atoms with Gasteiger partial charge in [0, 0.05) is 17.0 Å². The standard InChI is InChI=1S/C15H22N2S/c1-15(2)6-9-17(10-7-15)12-14-13(4-3-8-16)5-11-18-14/h5,11H,6-10,12,16H2,1-2H3. The summed E-state index contributed by atoms with van der Waals surface area (Å²) < 4.78 is 0. The second-order valence-electron chi connectivity index (χ2n) is 5.70. The van der Waals surface area contributed by atoms with E-state index in [4.69, 9.17) is 5.73 Å². The first kappa shape index (κ1) is 13.6. The first-order valence-electron chi connectivity index (χ1n) is 6.58. The molecule has 18 heavy (non-hydrogen) atoms. The van der Waals surface area contributed by atoms with E-state index in [1.807, 2.05) is 11.3 Å². The van der Waals surface area contributed by atoms with E-state index in [-0.39, 0.29) is 0 Å². The number of nitrogens with two attached hydrogens (primary N) is 1. The van der Waals surface area contributed by atoms with Crippen molar-refractivity contribution < 1.29 is 0 Å². The van der Waals surface area contributed by atoms with Crippen molar-refractivity contribution in [2.75, 3.05) is 19.6 Å².